The molecule has 3 nitrogen and oxygen atoms in total. The molecule has 0 aliphatic rings. The lowest BCUT2D eigenvalue weighted by molar-refractivity contribution is -0.159. The van der Waals surface area contributed by atoms with Crippen LogP contribution in [0.2, 0.25) is 0 Å². The molecular weight excluding hydrogens is 137 g/mol. The number of halogens is 1. The number of nitrogens with two attached hydrogens (primary N) is 1. The van der Waals surface area contributed by atoms with E-state index in [9.17, 15) is 9.18 Å². The molecule has 0 spiro atoms. The van der Waals surface area contributed by atoms with Gasteiger partial charge in [0.05, 0.1) is 5.60 Å². The zero-order chi connectivity index (χ0) is 8.36. The van der Waals surface area contributed by atoms with Crippen molar-refractivity contribution in [3.05, 3.63) is 0 Å². The molecule has 10 heavy (non-hydrogen) atoms. The Bertz CT molecular complexity index is 130. The first-order valence-corrected chi connectivity index (χ1v) is 2.94. The Morgan fingerprint density at radius 3 is 2.10 bits per heavy atom. The monoisotopic (exact) mass is 149 g/mol. The molecule has 1 atom stereocenters. The lowest BCUT2D eigenvalue weighted by atomic mass is 10.2. The van der Waals surface area contributed by atoms with Crippen LogP contribution in [-0.2, 0) is 9.53 Å². The highest BCUT2D eigenvalue weighted by molar-refractivity contribution is 5.77. The van der Waals surface area contributed by atoms with Gasteiger partial charge in [0.25, 0.3) is 12.3 Å². The summed E-state index contributed by atoms with van der Waals surface area (Å²) in [4.78, 5) is 10.1. The fraction of sp³-hybridized carbons (Fsp3) is 0.833. The Balaban J connectivity index is 3.80. The van der Waals surface area contributed by atoms with E-state index in [1.165, 1.54) is 0 Å². The third-order valence-electron chi connectivity index (χ3n) is 0.681. The van der Waals surface area contributed by atoms with E-state index >= 15 is 0 Å². The van der Waals surface area contributed by atoms with Crippen LogP contribution in [0.15, 0.2) is 0 Å². The second-order valence-electron chi connectivity index (χ2n) is 2.95. The van der Waals surface area contributed by atoms with Gasteiger partial charge in [0.15, 0.2) is 0 Å². The van der Waals surface area contributed by atoms with Gasteiger partial charge in [-0.2, -0.15) is 0 Å². The summed E-state index contributed by atoms with van der Waals surface area (Å²) in [5, 5.41) is 0. The number of alkyl halides is 1. The molecule has 0 aromatic rings. The summed E-state index contributed by atoms with van der Waals surface area (Å²) in [6.07, 6.45) is -2.00. The summed E-state index contributed by atoms with van der Waals surface area (Å²) in [5.41, 5.74) is 3.93. The van der Waals surface area contributed by atoms with Crippen molar-refractivity contribution in [3.8, 4) is 0 Å². The molecule has 1 unspecified atom stereocenters. The average Bonchev–Trinajstić information content (AvgIpc) is 1.60. The Morgan fingerprint density at radius 1 is 1.60 bits per heavy atom. The van der Waals surface area contributed by atoms with Gasteiger partial charge in [-0.1, -0.05) is 0 Å². The zero-order valence-electron chi connectivity index (χ0n) is 6.35. The van der Waals surface area contributed by atoms with Crippen LogP contribution < -0.4 is 5.73 Å². The molecule has 0 aromatic carbocycles. The van der Waals surface area contributed by atoms with Crippen molar-refractivity contribution in [1.29, 1.82) is 0 Å². The van der Waals surface area contributed by atoms with Crippen molar-refractivity contribution >= 4 is 5.91 Å². The standard InChI is InChI=1S/C6H12FNO2/c1-6(2,3)10-4(7)5(8)9/h4H,1-3H3,(H2,8,9). The van der Waals surface area contributed by atoms with Crippen molar-refractivity contribution in [2.45, 2.75) is 32.7 Å². The number of amides is 1. The number of carbonyl (C=O) groups is 1. The lowest BCUT2D eigenvalue weighted by Gasteiger charge is -2.20. The number of ether oxygens (including phenoxy) is 1. The van der Waals surface area contributed by atoms with Crippen LogP contribution >= 0.6 is 0 Å². The van der Waals surface area contributed by atoms with Gasteiger partial charge >= 0.3 is 0 Å². The summed E-state index contributed by atoms with van der Waals surface area (Å²) < 4.78 is 16.9. The molecular formula is C6H12FNO2. The van der Waals surface area contributed by atoms with Crippen molar-refractivity contribution in [3.63, 3.8) is 0 Å². The van der Waals surface area contributed by atoms with E-state index in [2.05, 4.69) is 10.5 Å². The number of primary amides is 1. The van der Waals surface area contributed by atoms with E-state index in [0.717, 1.165) is 0 Å². The zero-order valence-corrected chi connectivity index (χ0v) is 6.35. The minimum Gasteiger partial charge on any atom is -0.365 e. The Labute approximate surface area is 59.3 Å². The summed E-state index contributed by atoms with van der Waals surface area (Å²) in [7, 11) is 0. The first kappa shape index (κ1) is 9.36. The number of rotatable bonds is 2. The quantitative estimate of drug-likeness (QED) is 0.624. The van der Waals surface area contributed by atoms with Gasteiger partial charge in [-0.15, -0.1) is 0 Å². The molecule has 0 heterocycles. The molecule has 0 radical (unpaired) electrons. The molecule has 0 aliphatic carbocycles. The van der Waals surface area contributed by atoms with Gasteiger partial charge in [-0.3, -0.25) is 4.79 Å². The van der Waals surface area contributed by atoms with Gasteiger partial charge in [0.2, 0.25) is 0 Å². The summed E-state index contributed by atoms with van der Waals surface area (Å²) in [5.74, 6) is -1.09. The van der Waals surface area contributed by atoms with E-state index in [4.69, 9.17) is 0 Å². The fourth-order valence-electron chi connectivity index (χ4n) is 0.368. The molecule has 0 saturated heterocycles. The van der Waals surface area contributed by atoms with E-state index < -0.39 is 17.9 Å². The summed E-state index contributed by atoms with van der Waals surface area (Å²) in [6, 6.07) is 0. The van der Waals surface area contributed by atoms with Gasteiger partial charge < -0.3 is 10.5 Å². The smallest absolute Gasteiger partial charge is 0.279 e. The minimum atomic E-state index is -2.00. The maximum Gasteiger partial charge on any atom is 0.279 e. The molecule has 2 N–H and O–H groups in total. The second-order valence-corrected chi connectivity index (χ2v) is 2.95. The lowest BCUT2D eigenvalue weighted by Crippen LogP contribution is -2.34. The first-order chi connectivity index (χ1) is 4.33. The highest BCUT2D eigenvalue weighted by atomic mass is 19.1. The van der Waals surface area contributed by atoms with E-state index in [-0.39, 0.29) is 0 Å². The van der Waals surface area contributed by atoms with E-state index in [1.54, 1.807) is 20.8 Å². The molecule has 0 aromatic heterocycles. The molecule has 1 amide bonds. The largest absolute Gasteiger partial charge is 0.365 e. The highest BCUT2D eigenvalue weighted by Gasteiger charge is 2.21. The number of hydrogen-bond donors (Lipinski definition) is 1. The van der Waals surface area contributed by atoms with Crippen molar-refractivity contribution in [2.24, 2.45) is 5.73 Å². The molecule has 0 fully saturated rings. The molecule has 4 heteroatoms. The molecule has 60 valence electrons. The van der Waals surface area contributed by atoms with Crippen LogP contribution in [-0.4, -0.2) is 17.9 Å². The van der Waals surface area contributed by atoms with Crippen molar-refractivity contribution < 1.29 is 13.9 Å². The summed E-state index contributed by atoms with van der Waals surface area (Å²) >= 11 is 0. The van der Waals surface area contributed by atoms with Crippen LogP contribution in [0.5, 0.6) is 0 Å². The minimum absolute atomic E-state index is 0.672. The van der Waals surface area contributed by atoms with E-state index in [1.807, 2.05) is 0 Å². The maximum absolute atomic E-state index is 12.3. The van der Waals surface area contributed by atoms with Crippen LogP contribution in [0.3, 0.4) is 0 Å². The fourth-order valence-corrected chi connectivity index (χ4v) is 0.368. The van der Waals surface area contributed by atoms with Gasteiger partial charge in [0, 0.05) is 0 Å². The highest BCUT2D eigenvalue weighted by Crippen LogP contribution is 2.10. The summed E-state index contributed by atoms with van der Waals surface area (Å²) in [6.45, 7) is 4.92. The average molecular weight is 149 g/mol. The predicted molar refractivity (Wildman–Crippen MR) is 34.9 cm³/mol. The number of carbonyl (C=O) groups excluding carboxylic acids is 1. The van der Waals surface area contributed by atoms with Gasteiger partial charge in [-0.05, 0) is 20.8 Å². The third kappa shape index (κ3) is 4.26. The molecule has 0 aliphatic heterocycles. The molecule has 0 bridgehead atoms. The van der Waals surface area contributed by atoms with Gasteiger partial charge in [0.1, 0.15) is 0 Å². The Morgan fingerprint density at radius 2 is 2.00 bits per heavy atom. The Kier molecular flexibility index (Phi) is 2.77. The van der Waals surface area contributed by atoms with Gasteiger partial charge in [-0.25, -0.2) is 4.39 Å². The second kappa shape index (κ2) is 2.96. The van der Waals surface area contributed by atoms with Crippen molar-refractivity contribution in [1.82, 2.24) is 0 Å². The van der Waals surface area contributed by atoms with Crippen LogP contribution in [0, 0.1) is 0 Å². The predicted octanol–water partition coefficient (Wildman–Crippen LogP) is 0.582. The Hall–Kier alpha value is -0.640. The number of hydrogen-bond acceptors (Lipinski definition) is 2. The normalized spacial score (nSPS) is 14.8. The topological polar surface area (TPSA) is 52.3 Å². The SMILES string of the molecule is CC(C)(C)OC(F)C(N)=O. The van der Waals surface area contributed by atoms with Crippen molar-refractivity contribution in [2.75, 3.05) is 0 Å². The van der Waals surface area contributed by atoms with Crippen LogP contribution in [0.4, 0.5) is 4.39 Å². The van der Waals surface area contributed by atoms with E-state index in [0.29, 0.717) is 0 Å². The third-order valence-corrected chi connectivity index (χ3v) is 0.681. The molecule has 0 saturated carbocycles. The first-order valence-electron chi connectivity index (χ1n) is 2.94. The van der Waals surface area contributed by atoms with Crippen LogP contribution in [0.1, 0.15) is 20.8 Å². The molecule has 0 rings (SSSR count). The van der Waals surface area contributed by atoms with Crippen LogP contribution in [0.25, 0.3) is 0 Å². The maximum atomic E-state index is 12.3.